The van der Waals surface area contributed by atoms with Gasteiger partial charge in [-0.05, 0) is 17.7 Å². The van der Waals surface area contributed by atoms with Gasteiger partial charge in [0.05, 0.1) is 26.3 Å². The lowest BCUT2D eigenvalue weighted by Crippen LogP contribution is -2.22. The van der Waals surface area contributed by atoms with Gasteiger partial charge in [0.25, 0.3) is 0 Å². The van der Waals surface area contributed by atoms with Crippen LogP contribution in [-0.4, -0.2) is 49.5 Å². The van der Waals surface area contributed by atoms with Gasteiger partial charge in [0.2, 0.25) is 5.28 Å². The number of aromatic nitrogens is 2. The van der Waals surface area contributed by atoms with Gasteiger partial charge in [-0.3, -0.25) is 0 Å². The van der Waals surface area contributed by atoms with Gasteiger partial charge in [0.1, 0.15) is 5.82 Å². The fraction of sp³-hybridized carbons (Fsp3) is 0.385. The number of benzene rings is 1. The van der Waals surface area contributed by atoms with Gasteiger partial charge in [0.15, 0.2) is 11.5 Å². The van der Waals surface area contributed by atoms with Crippen LogP contribution < -0.4 is 14.4 Å². The van der Waals surface area contributed by atoms with Gasteiger partial charge in [-0.25, -0.2) is 4.98 Å². The summed E-state index contributed by atoms with van der Waals surface area (Å²) in [6.07, 6.45) is 0. The van der Waals surface area contributed by atoms with Crippen molar-refractivity contribution in [2.24, 2.45) is 0 Å². The van der Waals surface area contributed by atoms with Crippen LogP contribution in [0.5, 0.6) is 11.5 Å². The lowest BCUT2D eigenvalue weighted by molar-refractivity contribution is 0.304. The molecule has 0 unspecified atom stereocenters. The first-order chi connectivity index (χ1) is 9.60. The zero-order chi connectivity index (χ0) is 14.7. The van der Waals surface area contributed by atoms with E-state index in [2.05, 4.69) is 9.97 Å². The van der Waals surface area contributed by atoms with Crippen molar-refractivity contribution in [3.63, 3.8) is 0 Å². The Bertz CT molecular complexity index is 621. The van der Waals surface area contributed by atoms with Crippen molar-refractivity contribution in [3.05, 3.63) is 17.4 Å². The summed E-state index contributed by atoms with van der Waals surface area (Å²) < 4.78 is 10.5. The average molecular weight is 298 g/mol. The minimum atomic E-state index is 0.0207. The Morgan fingerprint density at radius 3 is 2.45 bits per heavy atom. The summed E-state index contributed by atoms with van der Waals surface area (Å²) >= 11 is 5.95. The molecule has 0 bridgehead atoms. The molecule has 0 radical (unpaired) electrons. The molecule has 1 heterocycles. The molecule has 0 spiro atoms. The number of aliphatic hydroxyl groups excluding tert-OH is 1. The summed E-state index contributed by atoms with van der Waals surface area (Å²) in [5.74, 6) is 1.80. The highest BCUT2D eigenvalue weighted by Crippen LogP contribution is 2.35. The van der Waals surface area contributed by atoms with Crippen LogP contribution in [-0.2, 0) is 0 Å². The highest BCUT2D eigenvalue weighted by molar-refractivity contribution is 6.28. The first-order valence-electron chi connectivity index (χ1n) is 6.02. The maximum atomic E-state index is 9.06. The normalized spacial score (nSPS) is 10.7. The summed E-state index contributed by atoms with van der Waals surface area (Å²) in [5.41, 5.74) is 0.655. The van der Waals surface area contributed by atoms with Gasteiger partial charge in [0, 0.05) is 25.0 Å². The summed E-state index contributed by atoms with van der Waals surface area (Å²) in [5, 5.41) is 9.98. The lowest BCUT2D eigenvalue weighted by Gasteiger charge is -2.19. The van der Waals surface area contributed by atoms with Crippen LogP contribution in [0, 0.1) is 0 Å². The second-order valence-electron chi connectivity index (χ2n) is 4.19. The van der Waals surface area contributed by atoms with Crippen molar-refractivity contribution in [2.75, 3.05) is 39.3 Å². The molecule has 1 N–H and O–H groups in total. The smallest absolute Gasteiger partial charge is 0.224 e. The van der Waals surface area contributed by atoms with Crippen LogP contribution in [0.3, 0.4) is 0 Å². The van der Waals surface area contributed by atoms with Crippen molar-refractivity contribution in [1.82, 2.24) is 9.97 Å². The van der Waals surface area contributed by atoms with Gasteiger partial charge in [-0.2, -0.15) is 4.98 Å². The van der Waals surface area contributed by atoms with E-state index in [1.807, 2.05) is 11.9 Å². The molecule has 6 nitrogen and oxygen atoms in total. The largest absolute Gasteiger partial charge is 0.493 e. The van der Waals surface area contributed by atoms with Crippen molar-refractivity contribution >= 4 is 28.3 Å². The third kappa shape index (κ3) is 2.71. The van der Waals surface area contributed by atoms with E-state index in [-0.39, 0.29) is 11.9 Å². The SMILES string of the molecule is COc1cc2nc(Cl)nc(N(C)CCO)c2cc1OC. The molecular weight excluding hydrogens is 282 g/mol. The van der Waals surface area contributed by atoms with E-state index in [1.54, 1.807) is 26.4 Å². The third-order valence-corrected chi connectivity index (χ3v) is 3.12. The number of likely N-dealkylation sites (N-methyl/N-ethyl adjacent to an activating group) is 1. The Balaban J connectivity index is 2.68. The molecule has 7 heteroatoms. The third-order valence-electron chi connectivity index (χ3n) is 2.95. The molecule has 1 aromatic heterocycles. The Morgan fingerprint density at radius 1 is 1.20 bits per heavy atom. The molecule has 1 aromatic carbocycles. The van der Waals surface area contributed by atoms with E-state index in [0.717, 1.165) is 5.39 Å². The zero-order valence-corrected chi connectivity index (χ0v) is 12.3. The fourth-order valence-electron chi connectivity index (χ4n) is 1.96. The molecule has 108 valence electrons. The number of hydrogen-bond donors (Lipinski definition) is 1. The molecule has 0 aliphatic heterocycles. The number of hydrogen-bond acceptors (Lipinski definition) is 6. The second-order valence-corrected chi connectivity index (χ2v) is 4.52. The van der Waals surface area contributed by atoms with Crippen LogP contribution in [0.15, 0.2) is 12.1 Å². The minimum absolute atomic E-state index is 0.0207. The molecule has 2 aromatic rings. The van der Waals surface area contributed by atoms with Gasteiger partial charge in [-0.15, -0.1) is 0 Å². The number of halogens is 1. The van der Waals surface area contributed by atoms with E-state index in [0.29, 0.717) is 29.4 Å². The fourth-order valence-corrected chi connectivity index (χ4v) is 2.13. The quantitative estimate of drug-likeness (QED) is 0.848. The summed E-state index contributed by atoms with van der Waals surface area (Å²) in [4.78, 5) is 10.2. The second kappa shape index (κ2) is 6.11. The van der Waals surface area contributed by atoms with Gasteiger partial charge >= 0.3 is 0 Å². The van der Waals surface area contributed by atoms with E-state index in [1.165, 1.54) is 0 Å². The minimum Gasteiger partial charge on any atom is -0.493 e. The number of methoxy groups -OCH3 is 2. The molecule has 20 heavy (non-hydrogen) atoms. The monoisotopic (exact) mass is 297 g/mol. The number of nitrogens with zero attached hydrogens (tertiary/aromatic N) is 3. The van der Waals surface area contributed by atoms with Crippen LogP contribution in [0.4, 0.5) is 5.82 Å². The standard InChI is InChI=1S/C13H16ClN3O3/c1-17(4-5-18)12-8-6-10(19-2)11(20-3)7-9(8)15-13(14)16-12/h6-7,18H,4-5H2,1-3H3. The van der Waals surface area contributed by atoms with E-state index in [9.17, 15) is 0 Å². The van der Waals surface area contributed by atoms with Gasteiger partial charge < -0.3 is 19.5 Å². The molecule has 0 saturated heterocycles. The van der Waals surface area contributed by atoms with E-state index in [4.69, 9.17) is 26.2 Å². The van der Waals surface area contributed by atoms with Crippen molar-refractivity contribution in [3.8, 4) is 11.5 Å². The molecule has 0 aliphatic rings. The highest BCUT2D eigenvalue weighted by Gasteiger charge is 2.15. The summed E-state index contributed by atoms with van der Waals surface area (Å²) in [6, 6.07) is 3.55. The first-order valence-corrected chi connectivity index (χ1v) is 6.39. The first kappa shape index (κ1) is 14.6. The average Bonchev–Trinajstić information content (AvgIpc) is 2.45. The van der Waals surface area contributed by atoms with Crippen LogP contribution in [0.1, 0.15) is 0 Å². The number of aliphatic hydroxyl groups is 1. The highest BCUT2D eigenvalue weighted by atomic mass is 35.5. The topological polar surface area (TPSA) is 67.7 Å². The number of anilines is 1. The summed E-state index contributed by atoms with van der Waals surface area (Å²) in [6.45, 7) is 0.462. The van der Waals surface area contributed by atoms with Crippen LogP contribution >= 0.6 is 11.6 Å². The van der Waals surface area contributed by atoms with Crippen LogP contribution in [0.25, 0.3) is 10.9 Å². The molecule has 0 atom stereocenters. The molecule has 2 rings (SSSR count). The van der Waals surface area contributed by atoms with E-state index >= 15 is 0 Å². The number of rotatable bonds is 5. The van der Waals surface area contributed by atoms with Crippen molar-refractivity contribution < 1.29 is 14.6 Å². The predicted molar refractivity (Wildman–Crippen MR) is 78.0 cm³/mol. The molecule has 0 amide bonds. The maximum absolute atomic E-state index is 9.06. The Hall–Kier alpha value is -1.79. The van der Waals surface area contributed by atoms with Crippen molar-refractivity contribution in [2.45, 2.75) is 0 Å². The number of fused-ring (bicyclic) bond motifs is 1. The maximum Gasteiger partial charge on any atom is 0.224 e. The predicted octanol–water partition coefficient (Wildman–Crippen LogP) is 1.73. The molecule has 0 saturated carbocycles. The Kier molecular flexibility index (Phi) is 4.46. The molecule has 0 fully saturated rings. The van der Waals surface area contributed by atoms with E-state index < -0.39 is 0 Å². The lowest BCUT2D eigenvalue weighted by atomic mass is 10.2. The summed E-state index contributed by atoms with van der Waals surface area (Å²) in [7, 11) is 4.95. The Morgan fingerprint density at radius 2 is 1.85 bits per heavy atom. The Labute approximate surface area is 121 Å². The van der Waals surface area contributed by atoms with Crippen molar-refractivity contribution in [1.29, 1.82) is 0 Å². The number of ether oxygens (including phenoxy) is 2. The molecular formula is C13H16ClN3O3. The molecule has 0 aliphatic carbocycles. The van der Waals surface area contributed by atoms with Crippen LogP contribution in [0.2, 0.25) is 5.28 Å². The van der Waals surface area contributed by atoms with Gasteiger partial charge in [-0.1, -0.05) is 0 Å². The zero-order valence-electron chi connectivity index (χ0n) is 11.6.